The molecule has 1 aromatic heterocycles. The van der Waals surface area contributed by atoms with Crippen molar-refractivity contribution in [3.8, 4) is 0 Å². The summed E-state index contributed by atoms with van der Waals surface area (Å²) in [5, 5.41) is 5.11. The highest BCUT2D eigenvalue weighted by Gasteiger charge is 2.22. The number of rotatable bonds is 7. The average Bonchev–Trinajstić information content (AvgIpc) is 2.85. The number of nitrogens with two attached hydrogens (primary N) is 1. The number of hydrogen-bond donors (Lipinski definition) is 2. The van der Waals surface area contributed by atoms with Gasteiger partial charge in [0.2, 0.25) is 5.91 Å². The third-order valence-electron chi connectivity index (χ3n) is 3.02. The predicted molar refractivity (Wildman–Crippen MR) is 77.5 cm³/mol. The molecular formula is C14H24N2OS. The molecule has 4 heteroatoms. The van der Waals surface area contributed by atoms with Crippen molar-refractivity contribution < 1.29 is 4.79 Å². The van der Waals surface area contributed by atoms with E-state index in [4.69, 9.17) is 5.73 Å². The molecule has 1 unspecified atom stereocenters. The third-order valence-corrected chi connectivity index (χ3v) is 3.97. The summed E-state index contributed by atoms with van der Waals surface area (Å²) in [5.74, 6) is 0.335. The first-order valence-corrected chi connectivity index (χ1v) is 7.53. The molecule has 102 valence electrons. The Labute approximate surface area is 114 Å². The van der Waals surface area contributed by atoms with E-state index in [0.717, 1.165) is 19.3 Å². The van der Waals surface area contributed by atoms with Crippen molar-refractivity contribution in [2.24, 2.45) is 11.7 Å². The summed E-state index contributed by atoms with van der Waals surface area (Å²) in [6.45, 7) is 6.33. The van der Waals surface area contributed by atoms with Crippen LogP contribution in [0.2, 0.25) is 0 Å². The van der Waals surface area contributed by atoms with Gasteiger partial charge in [-0.05, 0) is 23.8 Å². The maximum atomic E-state index is 12.0. The van der Waals surface area contributed by atoms with Gasteiger partial charge in [-0.25, -0.2) is 0 Å². The minimum atomic E-state index is -0.383. The van der Waals surface area contributed by atoms with Crippen LogP contribution in [0.5, 0.6) is 0 Å². The molecule has 0 saturated heterocycles. The Morgan fingerprint density at radius 3 is 2.72 bits per heavy atom. The molecule has 3 N–H and O–H groups in total. The minimum absolute atomic E-state index is 0.0319. The Morgan fingerprint density at radius 1 is 1.50 bits per heavy atom. The van der Waals surface area contributed by atoms with Crippen molar-refractivity contribution in [2.45, 2.75) is 52.1 Å². The summed E-state index contributed by atoms with van der Waals surface area (Å²) >= 11 is 1.68. The van der Waals surface area contributed by atoms with E-state index < -0.39 is 0 Å². The lowest BCUT2D eigenvalue weighted by Crippen LogP contribution is -2.43. The molecule has 1 rings (SSSR count). The quantitative estimate of drug-likeness (QED) is 0.798. The number of amides is 1. The van der Waals surface area contributed by atoms with Gasteiger partial charge in [-0.3, -0.25) is 4.79 Å². The largest absolute Gasteiger partial charge is 0.347 e. The van der Waals surface area contributed by atoms with E-state index in [1.54, 1.807) is 11.3 Å². The average molecular weight is 268 g/mol. The number of nitrogens with one attached hydrogen (secondary N) is 1. The number of hydrogen-bond acceptors (Lipinski definition) is 3. The van der Waals surface area contributed by atoms with Crippen molar-refractivity contribution in [3.63, 3.8) is 0 Å². The standard InChI is InChI=1S/C14H24N2OS/c1-4-5-7-11(15)14(17)16-13(10(2)3)12-8-6-9-18-12/h6,8-11,13H,4-5,7,15H2,1-3H3,(H,16,17)/t11-,13?/m0/s1. The van der Waals surface area contributed by atoms with Crippen LogP contribution in [-0.2, 0) is 4.79 Å². The van der Waals surface area contributed by atoms with E-state index in [1.165, 1.54) is 4.88 Å². The van der Waals surface area contributed by atoms with Gasteiger partial charge in [-0.1, -0.05) is 39.7 Å². The molecule has 1 amide bonds. The van der Waals surface area contributed by atoms with Crippen LogP contribution in [0, 0.1) is 5.92 Å². The van der Waals surface area contributed by atoms with E-state index in [9.17, 15) is 4.79 Å². The van der Waals surface area contributed by atoms with Crippen LogP contribution in [0.15, 0.2) is 17.5 Å². The SMILES string of the molecule is CCCC[C@H](N)C(=O)NC(c1cccs1)C(C)C. The van der Waals surface area contributed by atoms with Gasteiger partial charge in [-0.2, -0.15) is 0 Å². The molecule has 0 spiro atoms. The molecule has 0 aliphatic heterocycles. The zero-order valence-corrected chi connectivity index (χ0v) is 12.3. The Bertz CT molecular complexity index is 349. The monoisotopic (exact) mass is 268 g/mol. The second-order valence-corrected chi connectivity index (χ2v) is 5.97. The smallest absolute Gasteiger partial charge is 0.237 e. The van der Waals surface area contributed by atoms with Gasteiger partial charge >= 0.3 is 0 Å². The first kappa shape index (κ1) is 15.2. The first-order valence-electron chi connectivity index (χ1n) is 6.65. The molecule has 0 aliphatic carbocycles. The normalized spacial score (nSPS) is 14.5. The zero-order chi connectivity index (χ0) is 13.5. The molecule has 0 radical (unpaired) electrons. The van der Waals surface area contributed by atoms with Crippen LogP contribution in [0.1, 0.15) is 51.0 Å². The van der Waals surface area contributed by atoms with Gasteiger partial charge < -0.3 is 11.1 Å². The predicted octanol–water partition coefficient (Wildman–Crippen LogP) is 3.08. The lowest BCUT2D eigenvalue weighted by molar-refractivity contribution is -0.123. The van der Waals surface area contributed by atoms with Crippen LogP contribution in [0.4, 0.5) is 0 Å². The van der Waals surface area contributed by atoms with Gasteiger partial charge in [0, 0.05) is 4.88 Å². The zero-order valence-electron chi connectivity index (χ0n) is 11.5. The minimum Gasteiger partial charge on any atom is -0.347 e. The lowest BCUT2D eigenvalue weighted by Gasteiger charge is -2.23. The van der Waals surface area contributed by atoms with Gasteiger partial charge in [0.25, 0.3) is 0 Å². The van der Waals surface area contributed by atoms with Crippen molar-refractivity contribution in [2.75, 3.05) is 0 Å². The maximum absolute atomic E-state index is 12.0. The summed E-state index contributed by atoms with van der Waals surface area (Å²) in [4.78, 5) is 13.2. The Morgan fingerprint density at radius 2 is 2.22 bits per heavy atom. The van der Waals surface area contributed by atoms with E-state index in [0.29, 0.717) is 5.92 Å². The lowest BCUT2D eigenvalue weighted by atomic mass is 10.0. The summed E-state index contributed by atoms with van der Waals surface area (Å²) < 4.78 is 0. The molecule has 0 aliphatic rings. The van der Waals surface area contributed by atoms with Crippen LogP contribution in [0.25, 0.3) is 0 Å². The van der Waals surface area contributed by atoms with E-state index in [-0.39, 0.29) is 18.0 Å². The summed E-state index contributed by atoms with van der Waals surface area (Å²) in [6, 6.07) is 3.77. The second-order valence-electron chi connectivity index (χ2n) is 4.99. The van der Waals surface area contributed by atoms with Gasteiger partial charge in [0.1, 0.15) is 0 Å². The summed E-state index contributed by atoms with van der Waals surface area (Å²) in [7, 11) is 0. The second kappa shape index (κ2) is 7.54. The van der Waals surface area contributed by atoms with Gasteiger partial charge in [0.05, 0.1) is 12.1 Å². The fourth-order valence-electron chi connectivity index (χ4n) is 1.85. The molecule has 0 bridgehead atoms. The summed E-state index contributed by atoms with van der Waals surface area (Å²) in [6.07, 6.45) is 2.83. The molecule has 1 heterocycles. The highest BCUT2D eigenvalue weighted by Crippen LogP contribution is 2.25. The highest BCUT2D eigenvalue weighted by molar-refractivity contribution is 7.10. The van der Waals surface area contributed by atoms with Crippen LogP contribution < -0.4 is 11.1 Å². The van der Waals surface area contributed by atoms with Crippen LogP contribution in [0.3, 0.4) is 0 Å². The van der Waals surface area contributed by atoms with Crippen molar-refractivity contribution in [3.05, 3.63) is 22.4 Å². The fourth-order valence-corrected chi connectivity index (χ4v) is 2.80. The van der Waals surface area contributed by atoms with Crippen LogP contribution in [-0.4, -0.2) is 11.9 Å². The van der Waals surface area contributed by atoms with E-state index in [2.05, 4.69) is 32.2 Å². The van der Waals surface area contributed by atoms with Crippen molar-refractivity contribution in [1.82, 2.24) is 5.32 Å². The van der Waals surface area contributed by atoms with Crippen molar-refractivity contribution in [1.29, 1.82) is 0 Å². The number of carbonyl (C=O) groups excluding carboxylic acids is 1. The topological polar surface area (TPSA) is 55.1 Å². The molecular weight excluding hydrogens is 244 g/mol. The fraction of sp³-hybridized carbons (Fsp3) is 0.643. The summed E-state index contributed by atoms with van der Waals surface area (Å²) in [5.41, 5.74) is 5.90. The van der Waals surface area contributed by atoms with E-state index >= 15 is 0 Å². The number of carbonyl (C=O) groups is 1. The number of thiophene rings is 1. The van der Waals surface area contributed by atoms with Crippen LogP contribution >= 0.6 is 11.3 Å². The third kappa shape index (κ3) is 4.42. The number of unbranched alkanes of at least 4 members (excludes halogenated alkanes) is 1. The molecule has 1 aromatic rings. The van der Waals surface area contributed by atoms with Gasteiger partial charge in [0.15, 0.2) is 0 Å². The molecule has 0 aromatic carbocycles. The Balaban J connectivity index is 2.59. The van der Waals surface area contributed by atoms with Gasteiger partial charge in [-0.15, -0.1) is 11.3 Å². The molecule has 3 nitrogen and oxygen atoms in total. The van der Waals surface area contributed by atoms with Crippen molar-refractivity contribution >= 4 is 17.2 Å². The Kier molecular flexibility index (Phi) is 6.36. The van der Waals surface area contributed by atoms with E-state index in [1.807, 2.05) is 11.4 Å². The molecule has 0 fully saturated rings. The highest BCUT2D eigenvalue weighted by atomic mass is 32.1. The molecule has 18 heavy (non-hydrogen) atoms. The molecule has 2 atom stereocenters. The molecule has 0 saturated carbocycles. The first-order chi connectivity index (χ1) is 8.56. The maximum Gasteiger partial charge on any atom is 0.237 e. The Hall–Kier alpha value is -0.870.